The van der Waals surface area contributed by atoms with E-state index < -0.39 is 38.0 Å². The molecule has 0 aromatic heterocycles. The van der Waals surface area contributed by atoms with Gasteiger partial charge in [-0.25, -0.2) is 4.79 Å². The van der Waals surface area contributed by atoms with E-state index in [4.69, 9.17) is 23.2 Å². The van der Waals surface area contributed by atoms with Crippen LogP contribution < -0.4 is 0 Å². The Kier molecular flexibility index (Phi) is 14.7. The van der Waals surface area contributed by atoms with E-state index in [1.165, 1.54) is 6.92 Å². The Hall–Kier alpha value is -0.339. The van der Waals surface area contributed by atoms with E-state index in [2.05, 4.69) is 52.8 Å². The van der Waals surface area contributed by atoms with Crippen LogP contribution in [0.3, 0.4) is 0 Å². The van der Waals surface area contributed by atoms with Gasteiger partial charge in [0.05, 0.1) is 13.2 Å². The van der Waals surface area contributed by atoms with Crippen LogP contribution in [0.5, 0.6) is 0 Å². The minimum absolute atomic E-state index is 0.176. The molecule has 10 heteroatoms. The maximum Gasteiger partial charge on any atom is 0.330 e. The van der Waals surface area contributed by atoms with E-state index >= 15 is 0 Å². The molecule has 7 nitrogen and oxygen atoms in total. The molecule has 0 amide bonds. The van der Waals surface area contributed by atoms with Crippen LogP contribution in [0, 0.1) is 0 Å². The molecule has 0 radical (unpaired) electrons. The van der Waals surface area contributed by atoms with Gasteiger partial charge in [-0.15, -0.1) is 0 Å². The highest BCUT2D eigenvalue weighted by atomic mass is 28.4. The van der Waals surface area contributed by atoms with Crippen LogP contribution in [-0.2, 0) is 17.8 Å². The van der Waals surface area contributed by atoms with Crippen molar-refractivity contribution in [3.63, 3.8) is 0 Å². The van der Waals surface area contributed by atoms with Crippen molar-refractivity contribution in [3.05, 3.63) is 12.2 Å². The highest BCUT2D eigenvalue weighted by molar-refractivity contribution is 6.81. The Balaban J connectivity index is 0. The number of aliphatic hydroxyl groups excluding tert-OH is 2. The largest absolute Gasteiger partial charge is 0.478 e. The van der Waals surface area contributed by atoms with Gasteiger partial charge < -0.3 is 28.3 Å². The summed E-state index contributed by atoms with van der Waals surface area (Å²) in [6.07, 6.45) is 0.0779. The average Bonchev–Trinajstić information content (AvgIpc) is 2.48. The van der Waals surface area contributed by atoms with Gasteiger partial charge in [0.2, 0.25) is 0 Å². The molecule has 0 saturated carbocycles. The molecular formula is C17H40O7Si3. The first-order chi connectivity index (χ1) is 12.1. The second-order valence-electron chi connectivity index (χ2n) is 8.59. The predicted molar refractivity (Wildman–Crippen MR) is 116 cm³/mol. The van der Waals surface area contributed by atoms with E-state index in [1.54, 1.807) is 0 Å². The van der Waals surface area contributed by atoms with Gasteiger partial charge in [-0.3, -0.25) is 0 Å². The summed E-state index contributed by atoms with van der Waals surface area (Å²) in [6, 6.07) is 0. The van der Waals surface area contributed by atoms with Gasteiger partial charge in [0.1, 0.15) is 6.10 Å². The fraction of sp³-hybridized carbons (Fsp3) is 0.824. The number of ether oxygens (including phenoxy) is 1. The third-order valence-corrected chi connectivity index (χ3v) is 11.8. The van der Waals surface area contributed by atoms with Crippen molar-refractivity contribution in [1.82, 2.24) is 0 Å². The van der Waals surface area contributed by atoms with Crippen LogP contribution in [-0.4, -0.2) is 73.1 Å². The summed E-state index contributed by atoms with van der Waals surface area (Å²) in [7, 11) is -4.94. The number of carboxylic acids is 1. The third-order valence-electron chi connectivity index (χ3n) is 3.01. The second kappa shape index (κ2) is 13.8. The lowest BCUT2D eigenvalue weighted by Crippen LogP contribution is -2.45. The molecule has 2 unspecified atom stereocenters. The standard InChI is InChI=1S/C13H34O5Si3.C4H6O2/c1-12(8-9-16-11-13(15)10-14)19(17-20(2,3)4)18-21(5,6)7;1-3(2)4(5)6/h12-15,19H,8-11H2,1-7H3;1H2,2H3,(H,5,6). The number of carboxylic acid groups (broad SMARTS) is 1. The molecule has 0 saturated heterocycles. The monoisotopic (exact) mass is 440 g/mol. The number of aliphatic hydroxyl groups is 2. The van der Waals surface area contributed by atoms with E-state index in [1.807, 2.05) is 0 Å². The fourth-order valence-corrected chi connectivity index (χ4v) is 10.1. The quantitative estimate of drug-likeness (QED) is 0.243. The van der Waals surface area contributed by atoms with Crippen molar-refractivity contribution in [1.29, 1.82) is 0 Å². The Morgan fingerprint density at radius 1 is 1.11 bits per heavy atom. The van der Waals surface area contributed by atoms with E-state index in [0.29, 0.717) is 12.1 Å². The van der Waals surface area contributed by atoms with Crippen LogP contribution in [0.15, 0.2) is 12.2 Å². The number of rotatable bonds is 12. The summed E-state index contributed by atoms with van der Waals surface area (Å²) in [5, 5.41) is 25.9. The SMILES string of the molecule is C=C(C)C(=O)O.CC(CCOCC(O)CO)[SiH](O[Si](C)(C)C)O[Si](C)(C)C. The zero-order valence-corrected chi connectivity index (χ0v) is 21.4. The second-order valence-corrected chi connectivity index (χ2v) is 20.8. The summed E-state index contributed by atoms with van der Waals surface area (Å²) in [6.45, 7) is 20.4. The molecule has 2 atom stereocenters. The highest BCUT2D eigenvalue weighted by Crippen LogP contribution is 2.23. The molecule has 162 valence electrons. The molecule has 0 spiro atoms. The van der Waals surface area contributed by atoms with Crippen molar-refractivity contribution in [2.24, 2.45) is 0 Å². The van der Waals surface area contributed by atoms with Crippen LogP contribution in [0.4, 0.5) is 0 Å². The van der Waals surface area contributed by atoms with Crippen molar-refractivity contribution < 1.29 is 33.1 Å². The molecule has 0 rings (SSSR count). The van der Waals surface area contributed by atoms with Crippen LogP contribution in [0.1, 0.15) is 20.3 Å². The first kappa shape index (κ1) is 28.9. The number of aliphatic carboxylic acids is 1. The van der Waals surface area contributed by atoms with Crippen molar-refractivity contribution >= 4 is 31.9 Å². The molecular weight excluding hydrogens is 400 g/mol. The number of hydrogen-bond acceptors (Lipinski definition) is 6. The molecule has 27 heavy (non-hydrogen) atoms. The lowest BCUT2D eigenvalue weighted by molar-refractivity contribution is -0.132. The summed E-state index contributed by atoms with van der Waals surface area (Å²) >= 11 is 0. The van der Waals surface area contributed by atoms with E-state index in [0.717, 1.165) is 6.42 Å². The van der Waals surface area contributed by atoms with Crippen LogP contribution in [0.2, 0.25) is 44.8 Å². The molecule has 0 aliphatic carbocycles. The molecule has 3 N–H and O–H groups in total. The van der Waals surface area contributed by atoms with Crippen molar-refractivity contribution in [3.8, 4) is 0 Å². The van der Waals surface area contributed by atoms with Gasteiger partial charge in [-0.1, -0.05) is 13.5 Å². The first-order valence-electron chi connectivity index (χ1n) is 9.20. The first-order valence-corrected chi connectivity index (χ1v) is 17.6. The van der Waals surface area contributed by atoms with Gasteiger partial charge >= 0.3 is 15.3 Å². The number of hydrogen-bond donors (Lipinski definition) is 3. The van der Waals surface area contributed by atoms with Gasteiger partial charge in [-0.2, -0.15) is 0 Å². The zero-order valence-electron chi connectivity index (χ0n) is 18.2. The van der Waals surface area contributed by atoms with Gasteiger partial charge in [-0.05, 0) is 58.2 Å². The van der Waals surface area contributed by atoms with E-state index in [-0.39, 0.29) is 18.8 Å². The maximum atomic E-state index is 9.60. The Morgan fingerprint density at radius 2 is 1.52 bits per heavy atom. The molecule has 0 bridgehead atoms. The summed E-state index contributed by atoms with van der Waals surface area (Å²) in [4.78, 5) is 9.60. The smallest absolute Gasteiger partial charge is 0.330 e. The molecule has 0 heterocycles. The summed E-state index contributed by atoms with van der Waals surface area (Å²) in [5.74, 6) is -0.935. The zero-order chi connectivity index (χ0) is 21.8. The third kappa shape index (κ3) is 20.2. The minimum atomic E-state index is -1.72. The lowest BCUT2D eigenvalue weighted by Gasteiger charge is -2.34. The molecule has 0 aromatic carbocycles. The molecule has 0 aromatic rings. The van der Waals surface area contributed by atoms with Crippen LogP contribution in [0.25, 0.3) is 0 Å². The Labute approximate surface area is 168 Å². The Bertz CT molecular complexity index is 405. The van der Waals surface area contributed by atoms with Crippen LogP contribution >= 0.6 is 0 Å². The molecule has 0 aliphatic rings. The highest BCUT2D eigenvalue weighted by Gasteiger charge is 2.32. The summed E-state index contributed by atoms with van der Waals surface area (Å²) < 4.78 is 18.0. The normalized spacial score (nSPS) is 14.3. The fourth-order valence-electron chi connectivity index (χ4n) is 1.63. The Morgan fingerprint density at radius 3 is 1.81 bits per heavy atom. The van der Waals surface area contributed by atoms with E-state index in [9.17, 15) is 9.90 Å². The lowest BCUT2D eigenvalue weighted by atomic mass is 10.3. The van der Waals surface area contributed by atoms with Crippen molar-refractivity contribution in [2.45, 2.75) is 71.2 Å². The maximum absolute atomic E-state index is 9.60. The minimum Gasteiger partial charge on any atom is -0.478 e. The van der Waals surface area contributed by atoms with Gasteiger partial charge in [0.15, 0.2) is 16.6 Å². The number of carbonyl (C=O) groups is 1. The topological polar surface area (TPSA) is 105 Å². The van der Waals surface area contributed by atoms with Gasteiger partial charge in [0, 0.05) is 12.2 Å². The average molecular weight is 441 g/mol. The molecule has 0 fully saturated rings. The van der Waals surface area contributed by atoms with Crippen molar-refractivity contribution in [2.75, 3.05) is 19.8 Å². The summed E-state index contributed by atoms with van der Waals surface area (Å²) in [5.41, 5.74) is 0.546. The molecule has 0 aliphatic heterocycles. The van der Waals surface area contributed by atoms with Gasteiger partial charge in [0.25, 0.3) is 0 Å². The predicted octanol–water partition coefficient (Wildman–Crippen LogP) is 2.71.